The summed E-state index contributed by atoms with van der Waals surface area (Å²) in [5, 5.41) is 0.431. The van der Waals surface area contributed by atoms with Gasteiger partial charge in [-0.2, -0.15) is 13.2 Å². The highest BCUT2D eigenvalue weighted by Crippen LogP contribution is 2.33. The van der Waals surface area contributed by atoms with E-state index in [1.807, 2.05) is 30.3 Å². The number of nitrogens with zero attached hydrogens (tertiary/aromatic N) is 1. The Bertz CT molecular complexity index is 954. The molecule has 8 heteroatoms. The third-order valence-electron chi connectivity index (χ3n) is 3.97. The standard InChI is InChI=1S/C21H18F3NO3S/c1-2-28-20(26)18-17(13-27-12-14-6-4-3-5-7-14)25-19(29-18)15-8-10-16(11-9-15)21(22,23)24/h3-11H,2,12-13H2,1H3. The van der Waals surface area contributed by atoms with Crippen molar-refractivity contribution in [3.63, 3.8) is 0 Å². The van der Waals surface area contributed by atoms with Gasteiger partial charge in [-0.25, -0.2) is 9.78 Å². The SMILES string of the molecule is CCOC(=O)c1sc(-c2ccc(C(F)(F)F)cc2)nc1COCc1ccccc1. The van der Waals surface area contributed by atoms with Crippen LogP contribution < -0.4 is 0 Å². The summed E-state index contributed by atoms with van der Waals surface area (Å²) < 4.78 is 49.1. The second-order valence-corrected chi connectivity index (χ2v) is 7.07. The van der Waals surface area contributed by atoms with Crippen LogP contribution in [-0.4, -0.2) is 17.6 Å². The van der Waals surface area contributed by atoms with Crippen LogP contribution in [0.5, 0.6) is 0 Å². The number of esters is 1. The Labute approximate surface area is 169 Å². The molecule has 0 N–H and O–H groups in total. The van der Waals surface area contributed by atoms with Gasteiger partial charge in [-0.3, -0.25) is 0 Å². The molecule has 0 radical (unpaired) electrons. The molecule has 0 saturated carbocycles. The number of hydrogen-bond acceptors (Lipinski definition) is 5. The molecular weight excluding hydrogens is 403 g/mol. The molecule has 0 bridgehead atoms. The van der Waals surface area contributed by atoms with Crippen molar-refractivity contribution < 1.29 is 27.4 Å². The Hall–Kier alpha value is -2.71. The third-order valence-corrected chi connectivity index (χ3v) is 5.09. The monoisotopic (exact) mass is 421 g/mol. The van der Waals surface area contributed by atoms with Crippen molar-refractivity contribution in [1.29, 1.82) is 0 Å². The number of aromatic nitrogens is 1. The van der Waals surface area contributed by atoms with Crippen LogP contribution in [0.15, 0.2) is 54.6 Å². The Morgan fingerprint density at radius 2 is 1.72 bits per heavy atom. The van der Waals surface area contributed by atoms with Crippen LogP contribution in [0.1, 0.15) is 33.4 Å². The van der Waals surface area contributed by atoms with Crippen LogP contribution in [0.3, 0.4) is 0 Å². The average molecular weight is 421 g/mol. The van der Waals surface area contributed by atoms with Gasteiger partial charge < -0.3 is 9.47 Å². The maximum atomic E-state index is 12.8. The van der Waals surface area contributed by atoms with Crippen molar-refractivity contribution in [2.75, 3.05) is 6.61 Å². The van der Waals surface area contributed by atoms with E-state index in [9.17, 15) is 18.0 Å². The molecule has 1 aromatic heterocycles. The van der Waals surface area contributed by atoms with E-state index in [0.717, 1.165) is 29.0 Å². The second-order valence-electron chi connectivity index (χ2n) is 6.07. The number of thiazole rings is 1. The first-order valence-corrected chi connectivity index (χ1v) is 9.66. The molecule has 0 aliphatic carbocycles. The molecule has 152 valence electrons. The van der Waals surface area contributed by atoms with Crippen LogP contribution in [0, 0.1) is 0 Å². The number of ether oxygens (including phenoxy) is 2. The fraction of sp³-hybridized carbons (Fsp3) is 0.238. The fourth-order valence-corrected chi connectivity index (χ4v) is 3.54. The number of benzene rings is 2. The molecule has 0 aliphatic heterocycles. The van der Waals surface area contributed by atoms with Gasteiger partial charge in [0.15, 0.2) is 0 Å². The molecule has 4 nitrogen and oxygen atoms in total. The number of hydrogen-bond donors (Lipinski definition) is 0. The largest absolute Gasteiger partial charge is 0.462 e. The Balaban J connectivity index is 1.81. The minimum atomic E-state index is -4.41. The van der Waals surface area contributed by atoms with Crippen molar-refractivity contribution >= 4 is 17.3 Å². The number of carbonyl (C=O) groups excluding carboxylic acids is 1. The Morgan fingerprint density at radius 1 is 1.03 bits per heavy atom. The third kappa shape index (κ3) is 5.42. The van der Waals surface area contributed by atoms with Gasteiger partial charge in [0, 0.05) is 5.56 Å². The fourth-order valence-electron chi connectivity index (χ4n) is 2.57. The normalized spacial score (nSPS) is 11.4. The van der Waals surface area contributed by atoms with Crippen molar-refractivity contribution in [2.45, 2.75) is 26.3 Å². The predicted molar refractivity (Wildman–Crippen MR) is 103 cm³/mol. The zero-order valence-corrected chi connectivity index (χ0v) is 16.3. The Morgan fingerprint density at radius 3 is 2.34 bits per heavy atom. The molecule has 0 aliphatic rings. The van der Waals surface area contributed by atoms with Crippen LogP contribution >= 0.6 is 11.3 Å². The second kappa shape index (κ2) is 9.19. The average Bonchev–Trinajstić information content (AvgIpc) is 3.13. The lowest BCUT2D eigenvalue weighted by atomic mass is 10.1. The van der Waals surface area contributed by atoms with E-state index in [-0.39, 0.29) is 18.1 Å². The van der Waals surface area contributed by atoms with Gasteiger partial charge >= 0.3 is 12.1 Å². The van der Waals surface area contributed by atoms with Gasteiger partial charge in [-0.1, -0.05) is 42.5 Å². The van der Waals surface area contributed by atoms with Crippen LogP contribution in [0.2, 0.25) is 0 Å². The van der Waals surface area contributed by atoms with Gasteiger partial charge in [0.25, 0.3) is 0 Å². The summed E-state index contributed by atoms with van der Waals surface area (Å²) in [4.78, 5) is 17.0. The minimum Gasteiger partial charge on any atom is -0.462 e. The first-order chi connectivity index (χ1) is 13.9. The highest BCUT2D eigenvalue weighted by Gasteiger charge is 2.30. The van der Waals surface area contributed by atoms with Gasteiger partial charge in [0.2, 0.25) is 0 Å². The van der Waals surface area contributed by atoms with E-state index >= 15 is 0 Å². The highest BCUT2D eigenvalue weighted by molar-refractivity contribution is 7.17. The summed E-state index contributed by atoms with van der Waals surface area (Å²) in [5.74, 6) is -0.526. The van der Waals surface area contributed by atoms with Crippen LogP contribution in [0.25, 0.3) is 10.6 Å². The number of rotatable bonds is 7. The summed E-state index contributed by atoms with van der Waals surface area (Å²) >= 11 is 1.07. The number of halogens is 3. The van der Waals surface area contributed by atoms with E-state index in [4.69, 9.17) is 9.47 Å². The van der Waals surface area contributed by atoms with E-state index in [0.29, 0.717) is 22.9 Å². The Kier molecular flexibility index (Phi) is 6.66. The van der Waals surface area contributed by atoms with Crippen LogP contribution in [-0.2, 0) is 28.9 Å². The first kappa shape index (κ1) is 21.0. The van der Waals surface area contributed by atoms with E-state index in [1.165, 1.54) is 12.1 Å². The maximum absolute atomic E-state index is 12.8. The van der Waals surface area contributed by atoms with Crippen molar-refractivity contribution in [1.82, 2.24) is 4.98 Å². The molecule has 1 heterocycles. The van der Waals surface area contributed by atoms with Crippen molar-refractivity contribution in [2.24, 2.45) is 0 Å². The summed E-state index contributed by atoms with van der Waals surface area (Å²) in [6.07, 6.45) is -4.41. The number of alkyl halides is 3. The zero-order valence-electron chi connectivity index (χ0n) is 15.5. The summed E-state index contributed by atoms with van der Waals surface area (Å²) in [7, 11) is 0. The predicted octanol–water partition coefficient (Wildman–Crippen LogP) is 5.72. The quantitative estimate of drug-likeness (QED) is 0.458. The molecule has 3 rings (SSSR count). The van der Waals surface area contributed by atoms with Gasteiger partial charge in [0.05, 0.1) is 31.1 Å². The topological polar surface area (TPSA) is 48.4 Å². The molecule has 0 amide bonds. The van der Waals surface area contributed by atoms with Crippen molar-refractivity contribution in [3.8, 4) is 10.6 Å². The van der Waals surface area contributed by atoms with E-state index in [1.54, 1.807) is 6.92 Å². The van der Waals surface area contributed by atoms with Crippen LogP contribution in [0.4, 0.5) is 13.2 Å². The lowest BCUT2D eigenvalue weighted by Crippen LogP contribution is -2.06. The van der Waals surface area contributed by atoms with Crippen molar-refractivity contribution in [3.05, 3.63) is 76.3 Å². The molecule has 29 heavy (non-hydrogen) atoms. The zero-order chi connectivity index (χ0) is 20.9. The molecular formula is C21H18F3NO3S. The van der Waals surface area contributed by atoms with Gasteiger partial charge in [-0.05, 0) is 24.6 Å². The lowest BCUT2D eigenvalue weighted by molar-refractivity contribution is -0.137. The maximum Gasteiger partial charge on any atom is 0.416 e. The van der Waals surface area contributed by atoms with E-state index in [2.05, 4.69) is 4.98 Å². The molecule has 0 atom stereocenters. The summed E-state index contributed by atoms with van der Waals surface area (Å²) in [6.45, 7) is 2.33. The van der Waals surface area contributed by atoms with Gasteiger partial charge in [0.1, 0.15) is 9.88 Å². The molecule has 0 fully saturated rings. The minimum absolute atomic E-state index is 0.0835. The number of carbonyl (C=O) groups is 1. The first-order valence-electron chi connectivity index (χ1n) is 8.84. The summed E-state index contributed by atoms with van der Waals surface area (Å²) in [5.41, 5.74) is 1.13. The molecule has 0 spiro atoms. The highest BCUT2D eigenvalue weighted by atomic mass is 32.1. The molecule has 3 aromatic rings. The smallest absolute Gasteiger partial charge is 0.416 e. The molecule has 2 aromatic carbocycles. The molecule has 0 unspecified atom stereocenters. The van der Waals surface area contributed by atoms with Gasteiger partial charge in [-0.15, -0.1) is 11.3 Å². The lowest BCUT2D eigenvalue weighted by Gasteiger charge is -2.06. The van der Waals surface area contributed by atoms with E-state index < -0.39 is 17.7 Å². The molecule has 0 saturated heterocycles. The summed E-state index contributed by atoms with van der Waals surface area (Å²) in [6, 6.07) is 14.2.